The maximum absolute atomic E-state index is 11.4. The van der Waals surface area contributed by atoms with Crippen LogP contribution in [0.1, 0.15) is 6.42 Å². The topological polar surface area (TPSA) is 98.0 Å². The van der Waals surface area contributed by atoms with E-state index in [1.807, 2.05) is 11.4 Å². The highest BCUT2D eigenvalue weighted by Crippen LogP contribution is 2.26. The summed E-state index contributed by atoms with van der Waals surface area (Å²) in [5.41, 5.74) is 5.66. The zero-order valence-electron chi connectivity index (χ0n) is 10.2. The number of nitrogens with two attached hydrogens (primary N) is 1. The third-order valence-electron chi connectivity index (χ3n) is 3.23. The highest BCUT2D eigenvalue weighted by atomic mass is 32.2. The molecule has 1 fully saturated rings. The van der Waals surface area contributed by atoms with E-state index in [0.29, 0.717) is 24.5 Å². The van der Waals surface area contributed by atoms with Crippen LogP contribution in [0.2, 0.25) is 0 Å². The summed E-state index contributed by atoms with van der Waals surface area (Å²) in [6, 6.07) is 1.94. The van der Waals surface area contributed by atoms with E-state index in [2.05, 4.69) is 15.3 Å². The molecule has 19 heavy (non-hydrogen) atoms. The van der Waals surface area contributed by atoms with Gasteiger partial charge in [-0.25, -0.2) is 13.4 Å². The van der Waals surface area contributed by atoms with Crippen LogP contribution in [0.4, 0.5) is 11.8 Å². The molecule has 2 aromatic heterocycles. The minimum atomic E-state index is -2.84. The SMILES string of the molecule is Nc1nc(NCC2CCS(=O)(=O)C2)c2ccsc2n1. The monoisotopic (exact) mass is 298 g/mol. The molecule has 0 bridgehead atoms. The van der Waals surface area contributed by atoms with Gasteiger partial charge in [0.1, 0.15) is 10.6 Å². The summed E-state index contributed by atoms with van der Waals surface area (Å²) in [7, 11) is -2.84. The molecule has 1 unspecified atom stereocenters. The molecule has 0 aromatic carbocycles. The summed E-state index contributed by atoms with van der Waals surface area (Å²) >= 11 is 1.51. The summed E-state index contributed by atoms with van der Waals surface area (Å²) in [5.74, 6) is 1.62. The van der Waals surface area contributed by atoms with E-state index in [1.54, 1.807) is 0 Å². The molecule has 1 atom stereocenters. The van der Waals surface area contributed by atoms with Crippen LogP contribution < -0.4 is 11.1 Å². The summed E-state index contributed by atoms with van der Waals surface area (Å²) in [4.78, 5) is 9.17. The van der Waals surface area contributed by atoms with Gasteiger partial charge in [0.25, 0.3) is 0 Å². The van der Waals surface area contributed by atoms with Crippen molar-refractivity contribution < 1.29 is 8.42 Å². The van der Waals surface area contributed by atoms with Gasteiger partial charge >= 0.3 is 0 Å². The Morgan fingerprint density at radius 3 is 3.05 bits per heavy atom. The van der Waals surface area contributed by atoms with Gasteiger partial charge in [0.15, 0.2) is 9.84 Å². The van der Waals surface area contributed by atoms with Crippen LogP contribution in [-0.2, 0) is 9.84 Å². The number of rotatable bonds is 3. The molecule has 0 spiro atoms. The third-order valence-corrected chi connectivity index (χ3v) is 5.87. The summed E-state index contributed by atoms with van der Waals surface area (Å²) in [6.07, 6.45) is 0.711. The van der Waals surface area contributed by atoms with Crippen molar-refractivity contribution in [1.82, 2.24) is 9.97 Å². The van der Waals surface area contributed by atoms with E-state index in [0.717, 1.165) is 10.2 Å². The molecule has 3 N–H and O–H groups in total. The normalized spacial score (nSPS) is 21.8. The van der Waals surface area contributed by atoms with Gasteiger partial charge in [-0.15, -0.1) is 11.3 Å². The zero-order chi connectivity index (χ0) is 13.5. The van der Waals surface area contributed by atoms with Crippen LogP contribution >= 0.6 is 11.3 Å². The lowest BCUT2D eigenvalue weighted by molar-refractivity contribution is 0.596. The largest absolute Gasteiger partial charge is 0.369 e. The molecule has 0 radical (unpaired) electrons. The van der Waals surface area contributed by atoms with E-state index < -0.39 is 9.84 Å². The van der Waals surface area contributed by atoms with Crippen molar-refractivity contribution in [3.8, 4) is 0 Å². The average Bonchev–Trinajstić information content (AvgIpc) is 2.92. The summed E-state index contributed by atoms with van der Waals surface area (Å²) < 4.78 is 22.8. The van der Waals surface area contributed by atoms with Crippen LogP contribution in [0.25, 0.3) is 10.2 Å². The Balaban J connectivity index is 1.77. The molecule has 8 heteroatoms. The van der Waals surface area contributed by atoms with Gasteiger partial charge in [-0.05, 0) is 23.8 Å². The second-order valence-electron chi connectivity index (χ2n) is 4.72. The number of fused-ring (bicyclic) bond motifs is 1. The van der Waals surface area contributed by atoms with E-state index in [4.69, 9.17) is 5.73 Å². The highest BCUT2D eigenvalue weighted by Gasteiger charge is 2.27. The van der Waals surface area contributed by atoms with Crippen LogP contribution in [0.3, 0.4) is 0 Å². The van der Waals surface area contributed by atoms with Crippen molar-refractivity contribution in [3.05, 3.63) is 11.4 Å². The summed E-state index contributed by atoms with van der Waals surface area (Å²) in [6.45, 7) is 0.598. The molecule has 2 aromatic rings. The first kappa shape index (κ1) is 12.6. The fourth-order valence-electron chi connectivity index (χ4n) is 2.28. The molecule has 0 saturated carbocycles. The first-order chi connectivity index (χ1) is 9.03. The van der Waals surface area contributed by atoms with Crippen molar-refractivity contribution in [2.24, 2.45) is 5.92 Å². The molecule has 6 nitrogen and oxygen atoms in total. The molecular formula is C11H14N4O2S2. The molecule has 1 aliphatic heterocycles. The van der Waals surface area contributed by atoms with Crippen molar-refractivity contribution >= 4 is 43.2 Å². The minimum Gasteiger partial charge on any atom is -0.369 e. The van der Waals surface area contributed by atoms with Gasteiger partial charge in [-0.2, -0.15) is 4.98 Å². The molecule has 0 aliphatic carbocycles. The number of hydrogen-bond donors (Lipinski definition) is 2. The first-order valence-electron chi connectivity index (χ1n) is 5.98. The van der Waals surface area contributed by atoms with E-state index in [-0.39, 0.29) is 17.6 Å². The molecular weight excluding hydrogens is 284 g/mol. The maximum Gasteiger partial charge on any atom is 0.223 e. The Bertz CT molecular complexity index is 711. The number of hydrogen-bond acceptors (Lipinski definition) is 7. The van der Waals surface area contributed by atoms with Gasteiger partial charge in [-0.3, -0.25) is 0 Å². The molecule has 3 heterocycles. The minimum absolute atomic E-state index is 0.148. The first-order valence-corrected chi connectivity index (χ1v) is 8.68. The second kappa shape index (κ2) is 4.61. The van der Waals surface area contributed by atoms with Gasteiger partial charge < -0.3 is 11.1 Å². The van der Waals surface area contributed by atoms with Crippen molar-refractivity contribution in [2.45, 2.75) is 6.42 Å². The van der Waals surface area contributed by atoms with Crippen LogP contribution in [0, 0.1) is 5.92 Å². The smallest absolute Gasteiger partial charge is 0.223 e. The fourth-order valence-corrected chi connectivity index (χ4v) is 4.91. The number of sulfone groups is 1. The highest BCUT2D eigenvalue weighted by molar-refractivity contribution is 7.91. The van der Waals surface area contributed by atoms with Crippen LogP contribution in [-0.4, -0.2) is 36.4 Å². The standard InChI is InChI=1S/C11H14N4O2S2/c12-11-14-9(8-1-3-18-10(8)15-11)13-5-7-2-4-19(16,17)6-7/h1,3,7H,2,4-6H2,(H3,12,13,14,15). The number of nitrogen functional groups attached to an aromatic ring is 1. The van der Waals surface area contributed by atoms with E-state index in [1.165, 1.54) is 11.3 Å². The van der Waals surface area contributed by atoms with E-state index >= 15 is 0 Å². The fraction of sp³-hybridized carbons (Fsp3) is 0.455. The van der Waals surface area contributed by atoms with Crippen LogP contribution in [0.15, 0.2) is 11.4 Å². The Hall–Kier alpha value is -1.41. The average molecular weight is 298 g/mol. The Kier molecular flexibility index (Phi) is 3.06. The Morgan fingerprint density at radius 1 is 1.47 bits per heavy atom. The lowest BCUT2D eigenvalue weighted by Gasteiger charge is -2.11. The number of anilines is 2. The van der Waals surface area contributed by atoms with Crippen molar-refractivity contribution in [3.63, 3.8) is 0 Å². The van der Waals surface area contributed by atoms with E-state index in [9.17, 15) is 8.42 Å². The summed E-state index contributed by atoms with van der Waals surface area (Å²) in [5, 5.41) is 6.07. The molecule has 3 rings (SSSR count). The van der Waals surface area contributed by atoms with Crippen molar-refractivity contribution in [1.29, 1.82) is 0 Å². The predicted octanol–water partition coefficient (Wildman–Crippen LogP) is 1.12. The van der Waals surface area contributed by atoms with Crippen LogP contribution in [0.5, 0.6) is 0 Å². The van der Waals surface area contributed by atoms with Gasteiger partial charge in [0.05, 0.1) is 16.9 Å². The molecule has 1 aliphatic rings. The quantitative estimate of drug-likeness (QED) is 0.881. The number of nitrogens with zero attached hydrogens (tertiary/aromatic N) is 2. The van der Waals surface area contributed by atoms with Gasteiger partial charge in [0.2, 0.25) is 5.95 Å². The number of thiophene rings is 1. The Morgan fingerprint density at radius 2 is 2.32 bits per heavy atom. The van der Waals surface area contributed by atoms with Gasteiger partial charge in [0, 0.05) is 6.54 Å². The van der Waals surface area contributed by atoms with Crippen molar-refractivity contribution in [2.75, 3.05) is 29.1 Å². The molecule has 1 saturated heterocycles. The predicted molar refractivity (Wildman–Crippen MR) is 77.1 cm³/mol. The maximum atomic E-state index is 11.4. The molecule has 102 valence electrons. The second-order valence-corrected chi connectivity index (χ2v) is 7.84. The zero-order valence-corrected chi connectivity index (χ0v) is 11.8. The molecule has 0 amide bonds. The van der Waals surface area contributed by atoms with Gasteiger partial charge in [-0.1, -0.05) is 0 Å². The lowest BCUT2D eigenvalue weighted by atomic mass is 10.1. The number of aromatic nitrogens is 2. The lowest BCUT2D eigenvalue weighted by Crippen LogP contribution is -2.16. The number of nitrogens with one attached hydrogen (secondary N) is 1. The third kappa shape index (κ3) is 2.64. The Labute approximate surface area is 115 Å².